The van der Waals surface area contributed by atoms with Crippen molar-refractivity contribution in [3.63, 3.8) is 0 Å². The Hall–Kier alpha value is -2.76. The summed E-state index contributed by atoms with van der Waals surface area (Å²) in [5.41, 5.74) is 1.69. The molecule has 2 aromatic heterocycles. The Bertz CT molecular complexity index is 797. The number of nitrogens with zero attached hydrogens (tertiary/aromatic N) is 2. The SMILES string of the molecule is Cc1ccc2c(NC(=O)c3cccc(F)c3)n[nH]c2n1. The molecule has 3 aromatic rings. The van der Waals surface area contributed by atoms with Crippen LogP contribution < -0.4 is 5.32 Å². The van der Waals surface area contributed by atoms with Crippen molar-refractivity contribution in [3.05, 3.63) is 53.5 Å². The molecule has 2 heterocycles. The molecule has 0 aliphatic carbocycles. The number of rotatable bonds is 2. The quantitative estimate of drug-likeness (QED) is 0.752. The number of benzene rings is 1. The molecule has 0 radical (unpaired) electrons. The predicted molar refractivity (Wildman–Crippen MR) is 73.0 cm³/mol. The first-order valence-corrected chi connectivity index (χ1v) is 6.02. The van der Waals surface area contributed by atoms with Gasteiger partial charge in [0.1, 0.15) is 5.82 Å². The zero-order valence-electron chi connectivity index (χ0n) is 10.6. The molecule has 100 valence electrons. The molecular weight excluding hydrogens is 259 g/mol. The average Bonchev–Trinajstić information content (AvgIpc) is 2.81. The van der Waals surface area contributed by atoms with Crippen LogP contribution in [0.1, 0.15) is 16.1 Å². The van der Waals surface area contributed by atoms with Crippen LogP contribution in [0.5, 0.6) is 0 Å². The molecular formula is C14H11FN4O. The first kappa shape index (κ1) is 12.3. The van der Waals surface area contributed by atoms with Gasteiger partial charge in [0.05, 0.1) is 5.39 Å². The van der Waals surface area contributed by atoms with Crippen LogP contribution in [0, 0.1) is 12.7 Å². The van der Waals surface area contributed by atoms with E-state index in [1.54, 1.807) is 0 Å². The normalized spacial score (nSPS) is 10.7. The van der Waals surface area contributed by atoms with E-state index in [1.165, 1.54) is 24.3 Å². The highest BCUT2D eigenvalue weighted by Crippen LogP contribution is 2.19. The Labute approximate surface area is 113 Å². The maximum atomic E-state index is 13.1. The molecule has 0 atom stereocenters. The molecule has 0 fully saturated rings. The summed E-state index contributed by atoms with van der Waals surface area (Å²) in [4.78, 5) is 16.3. The Morgan fingerprint density at radius 3 is 2.95 bits per heavy atom. The number of hydrogen-bond acceptors (Lipinski definition) is 3. The highest BCUT2D eigenvalue weighted by atomic mass is 19.1. The van der Waals surface area contributed by atoms with Gasteiger partial charge in [0.25, 0.3) is 5.91 Å². The monoisotopic (exact) mass is 270 g/mol. The van der Waals surface area contributed by atoms with Crippen LogP contribution >= 0.6 is 0 Å². The van der Waals surface area contributed by atoms with Crippen molar-refractivity contribution < 1.29 is 9.18 Å². The van der Waals surface area contributed by atoms with Gasteiger partial charge < -0.3 is 5.32 Å². The molecule has 0 unspecified atom stereocenters. The van der Waals surface area contributed by atoms with Crippen LogP contribution in [0.4, 0.5) is 10.2 Å². The summed E-state index contributed by atoms with van der Waals surface area (Å²) in [6.07, 6.45) is 0. The number of carbonyl (C=O) groups excluding carboxylic acids is 1. The molecule has 0 aliphatic rings. The Morgan fingerprint density at radius 2 is 2.15 bits per heavy atom. The van der Waals surface area contributed by atoms with Gasteiger partial charge in [0.2, 0.25) is 0 Å². The van der Waals surface area contributed by atoms with Crippen LogP contribution in [-0.4, -0.2) is 21.1 Å². The molecule has 6 heteroatoms. The van der Waals surface area contributed by atoms with Gasteiger partial charge in [-0.15, -0.1) is 0 Å². The lowest BCUT2D eigenvalue weighted by molar-refractivity contribution is 0.102. The lowest BCUT2D eigenvalue weighted by atomic mass is 10.2. The van der Waals surface area contributed by atoms with Gasteiger partial charge in [0.15, 0.2) is 11.5 Å². The summed E-state index contributed by atoms with van der Waals surface area (Å²) in [6, 6.07) is 9.13. The number of amides is 1. The maximum Gasteiger partial charge on any atom is 0.256 e. The molecule has 1 aromatic carbocycles. The van der Waals surface area contributed by atoms with Gasteiger partial charge in [-0.1, -0.05) is 6.07 Å². The fourth-order valence-corrected chi connectivity index (χ4v) is 1.91. The van der Waals surface area contributed by atoms with Crippen molar-refractivity contribution >= 4 is 22.8 Å². The van der Waals surface area contributed by atoms with E-state index >= 15 is 0 Å². The lowest BCUT2D eigenvalue weighted by Gasteiger charge is -2.02. The molecule has 0 bridgehead atoms. The van der Waals surface area contributed by atoms with Crippen LogP contribution in [0.2, 0.25) is 0 Å². The number of anilines is 1. The second-order valence-electron chi connectivity index (χ2n) is 4.39. The van der Waals surface area contributed by atoms with E-state index in [0.29, 0.717) is 16.9 Å². The average molecular weight is 270 g/mol. The molecule has 0 aliphatic heterocycles. The van der Waals surface area contributed by atoms with Gasteiger partial charge in [-0.05, 0) is 37.3 Å². The molecule has 20 heavy (non-hydrogen) atoms. The highest BCUT2D eigenvalue weighted by molar-refractivity contribution is 6.07. The molecule has 0 spiro atoms. The van der Waals surface area contributed by atoms with Crippen molar-refractivity contribution in [3.8, 4) is 0 Å². The first-order valence-electron chi connectivity index (χ1n) is 6.02. The third-order valence-electron chi connectivity index (χ3n) is 2.88. The molecule has 0 saturated carbocycles. The first-order chi connectivity index (χ1) is 9.63. The largest absolute Gasteiger partial charge is 0.305 e. The van der Waals surface area contributed by atoms with E-state index in [9.17, 15) is 9.18 Å². The van der Waals surface area contributed by atoms with Gasteiger partial charge >= 0.3 is 0 Å². The summed E-state index contributed by atoms with van der Waals surface area (Å²) < 4.78 is 13.1. The fourth-order valence-electron chi connectivity index (χ4n) is 1.91. The summed E-state index contributed by atoms with van der Waals surface area (Å²) in [7, 11) is 0. The van der Waals surface area contributed by atoms with Gasteiger partial charge in [-0.2, -0.15) is 5.10 Å². The minimum absolute atomic E-state index is 0.237. The summed E-state index contributed by atoms with van der Waals surface area (Å²) in [6.45, 7) is 1.87. The van der Waals surface area contributed by atoms with E-state index in [0.717, 1.165) is 5.69 Å². The van der Waals surface area contributed by atoms with E-state index in [4.69, 9.17) is 0 Å². The van der Waals surface area contributed by atoms with Crippen molar-refractivity contribution in [2.75, 3.05) is 5.32 Å². The number of hydrogen-bond donors (Lipinski definition) is 2. The van der Waals surface area contributed by atoms with E-state index in [2.05, 4.69) is 20.5 Å². The summed E-state index contributed by atoms with van der Waals surface area (Å²) in [5, 5.41) is 10.1. The minimum atomic E-state index is -0.457. The fraction of sp³-hybridized carbons (Fsp3) is 0.0714. The zero-order valence-corrected chi connectivity index (χ0v) is 10.6. The molecule has 5 nitrogen and oxygen atoms in total. The number of nitrogens with one attached hydrogen (secondary N) is 2. The molecule has 1 amide bonds. The van der Waals surface area contributed by atoms with Crippen molar-refractivity contribution in [2.24, 2.45) is 0 Å². The van der Waals surface area contributed by atoms with Gasteiger partial charge in [-0.3, -0.25) is 9.89 Å². The number of carbonyl (C=O) groups is 1. The van der Waals surface area contributed by atoms with Crippen LogP contribution in [0.3, 0.4) is 0 Å². The number of pyridine rings is 1. The van der Waals surface area contributed by atoms with Crippen LogP contribution in [-0.2, 0) is 0 Å². The van der Waals surface area contributed by atoms with E-state index in [-0.39, 0.29) is 5.56 Å². The standard InChI is InChI=1S/C14H11FN4O/c1-8-5-6-11-12(16-8)18-19-13(11)17-14(20)9-3-2-4-10(15)7-9/h2-7H,1H3,(H2,16,17,18,19,20). The summed E-state index contributed by atoms with van der Waals surface area (Å²) >= 11 is 0. The molecule has 0 saturated heterocycles. The topological polar surface area (TPSA) is 70.7 Å². The second-order valence-corrected chi connectivity index (χ2v) is 4.39. The third-order valence-corrected chi connectivity index (χ3v) is 2.88. The minimum Gasteiger partial charge on any atom is -0.305 e. The van der Waals surface area contributed by atoms with Crippen LogP contribution in [0.25, 0.3) is 11.0 Å². The molecule has 2 N–H and O–H groups in total. The van der Waals surface area contributed by atoms with Gasteiger partial charge in [0, 0.05) is 11.3 Å². The Kier molecular flexibility index (Phi) is 2.90. The van der Waals surface area contributed by atoms with Crippen molar-refractivity contribution in [2.45, 2.75) is 6.92 Å². The number of H-pyrrole nitrogens is 1. The van der Waals surface area contributed by atoms with Crippen molar-refractivity contribution in [1.82, 2.24) is 15.2 Å². The summed E-state index contributed by atoms with van der Waals surface area (Å²) in [5.74, 6) is -0.498. The zero-order chi connectivity index (χ0) is 14.1. The second kappa shape index (κ2) is 4.73. The maximum absolute atomic E-state index is 13.1. The number of halogens is 1. The predicted octanol–water partition coefficient (Wildman–Crippen LogP) is 2.66. The van der Waals surface area contributed by atoms with E-state index < -0.39 is 11.7 Å². The Morgan fingerprint density at radius 1 is 1.30 bits per heavy atom. The van der Waals surface area contributed by atoms with Crippen molar-refractivity contribution in [1.29, 1.82) is 0 Å². The van der Waals surface area contributed by atoms with Gasteiger partial charge in [-0.25, -0.2) is 9.37 Å². The van der Waals surface area contributed by atoms with E-state index in [1.807, 2.05) is 19.1 Å². The highest BCUT2D eigenvalue weighted by Gasteiger charge is 2.12. The third kappa shape index (κ3) is 2.23. The lowest BCUT2D eigenvalue weighted by Crippen LogP contribution is -2.12. The molecule has 3 rings (SSSR count). The number of aromatic nitrogens is 3. The number of aromatic amines is 1. The van der Waals surface area contributed by atoms with Crippen LogP contribution in [0.15, 0.2) is 36.4 Å². The number of aryl methyl sites for hydroxylation is 1. The smallest absolute Gasteiger partial charge is 0.256 e. The number of fused-ring (bicyclic) bond motifs is 1. The Balaban J connectivity index is 1.91.